The zero-order valence-corrected chi connectivity index (χ0v) is 85.1. The Morgan fingerprint density at radius 2 is 0.693 bits per heavy atom. The van der Waals surface area contributed by atoms with Crippen molar-refractivity contribution in [3.63, 3.8) is 0 Å². The Labute approximate surface area is 909 Å². The number of benzene rings is 12. The number of ether oxygens (including phenoxy) is 13. The summed E-state index contributed by atoms with van der Waals surface area (Å²) in [7, 11) is 0. The van der Waals surface area contributed by atoms with Gasteiger partial charge in [0.1, 0.15) is 24.2 Å². The number of carboxylic acids is 1. The fourth-order valence-corrected chi connectivity index (χ4v) is 24.5. The second-order valence-electron chi connectivity index (χ2n) is 37.3. The summed E-state index contributed by atoms with van der Waals surface area (Å²) in [6.07, 6.45) is -9.50. The van der Waals surface area contributed by atoms with Crippen LogP contribution < -0.4 is 93.0 Å². The van der Waals surface area contributed by atoms with Gasteiger partial charge in [0.25, 0.3) is 0 Å². The van der Waals surface area contributed by atoms with E-state index in [1.54, 1.807) is 176 Å². The van der Waals surface area contributed by atoms with Crippen molar-refractivity contribution in [2.24, 2.45) is 47.3 Å². The second kappa shape index (κ2) is 37.8. The summed E-state index contributed by atoms with van der Waals surface area (Å²) in [4.78, 5) is 167. The van der Waals surface area contributed by atoms with Crippen molar-refractivity contribution in [1.29, 1.82) is 0 Å². The number of aliphatic hydroxyl groups is 3. The molecule has 42 heteroatoms. The number of rotatable bonds is 11. The molecule has 19 atom stereocenters. The summed E-state index contributed by atoms with van der Waals surface area (Å²) in [6.45, 7) is 0.169. The van der Waals surface area contributed by atoms with E-state index >= 15 is 0 Å². The predicted molar refractivity (Wildman–Crippen MR) is 524 cm³/mol. The topological polar surface area (TPSA) is 439 Å². The number of fused-ring (bicyclic) bond motifs is 13. The van der Waals surface area contributed by atoms with Gasteiger partial charge in [-0.1, -0.05) is 214 Å². The van der Waals surface area contributed by atoms with Crippen LogP contribution >= 0.6 is 92.8 Å². The zero-order chi connectivity index (χ0) is 104. The molecule has 15 aliphatic rings. The molecule has 7 fully saturated rings. The van der Waals surface area contributed by atoms with E-state index in [0.717, 1.165) is 9.80 Å². The summed E-state index contributed by atoms with van der Waals surface area (Å²) in [5.74, 6) is -15.3. The summed E-state index contributed by atoms with van der Waals surface area (Å²) >= 11 is 49.5. The minimum Gasteiger partial charge on any atom is -0.550 e. The molecule has 12 aromatic rings. The average Bonchev–Trinajstić information content (AvgIpc) is 1.53. The van der Waals surface area contributed by atoms with Gasteiger partial charge < -0.3 is 97.4 Å². The Morgan fingerprint density at radius 3 is 1.14 bits per heavy atom. The van der Waals surface area contributed by atoms with Gasteiger partial charge in [-0.05, 0) is 136 Å². The third-order valence-electron chi connectivity index (χ3n) is 29.8. The molecule has 4 spiro atoms. The number of hydrogen-bond donors (Lipinski definition) is 5. The molecule has 11 aliphatic heterocycles. The molecule has 4 aliphatic carbocycles. The fraction of sp³-hybridized carbons (Fsp3) is 0.222. The number of carbonyl (C=O) groups excluding carboxylic acids is 12. The summed E-state index contributed by atoms with van der Waals surface area (Å²) in [5.41, 5.74) is -2.44. The number of Topliss-reactive ketones (excluding diaryl/α,β-unsaturated/α-hetero) is 4. The largest absolute Gasteiger partial charge is 1.00 e. The van der Waals surface area contributed by atoms with Gasteiger partial charge in [-0.2, -0.15) is 0 Å². The van der Waals surface area contributed by atoms with Gasteiger partial charge in [0, 0.05) is 69.4 Å². The number of halogens is 8. The smallest absolute Gasteiger partial charge is 0.550 e. The van der Waals surface area contributed by atoms with Crippen molar-refractivity contribution in [3.8, 4) is 46.0 Å². The maximum absolute atomic E-state index is 14.0. The van der Waals surface area contributed by atoms with Gasteiger partial charge in [-0.3, -0.25) is 52.7 Å². The number of carbonyl (C=O) groups is 12. The summed E-state index contributed by atoms with van der Waals surface area (Å²) in [5, 5.41) is 54.6. The zero-order valence-electron chi connectivity index (χ0n) is 77.0. The molecule has 12 aromatic carbocycles. The van der Waals surface area contributed by atoms with Gasteiger partial charge in [-0.25, -0.2) is 9.80 Å². The van der Waals surface area contributed by atoms with E-state index in [2.05, 4.69) is 10.6 Å². The van der Waals surface area contributed by atoms with Crippen LogP contribution in [0, 0.1) is 47.3 Å². The standard InChI is InChI=1S/C27H19Cl2NO8.C27H19Cl2NO7.C27H17Cl2NO7.C27H15Cl2NO7.Na/c28-16-7-5-12(9-17(16)29)22-20(25(33)30-13-6-8-18-19(10-13)37-11-36-18)21(26(34)35)27(38-22)23(31)14-3-1-2-4-15(14)24(27)32;28-16-7-5-12(9-17(16)29)22-20(25(32)30-13-6-8-18-19(10-13)35-11-34-18)21-26(33)36-24-15-4-2-1-3-14(15)23(31)27(21,24)37-22;2*28-16-7-5-12(9-17(16)29)22-20-21(27(37-22)23(31)14-3-1-2-4-15(14)24(27)32)26(34)30(25(20)33)13-6-8-18-19(10-13)36-11-35-18;/h1-10,20-23,31H,11H2,(H,30,33)(H,34,35);1-10,20-24,31H,11H2,(H,30,32);1-10,20-23,31H,11H2;1-10,20-22H,11H2;/q;;;;+1/p-1/t20-,21-,22?,23-,27?;20-,21-,22?,23-,24+,27?;;;/m11.../s1. The van der Waals surface area contributed by atoms with Crippen LogP contribution in [0.1, 0.15) is 135 Å². The number of imide groups is 2. The van der Waals surface area contributed by atoms with Gasteiger partial charge in [-0.15, -0.1) is 0 Å². The summed E-state index contributed by atoms with van der Waals surface area (Å²) < 4.78 is 74.1. The number of nitrogens with zero attached hydrogens (tertiary/aromatic N) is 2. The molecular weight excluding hydrogens is 2120 g/mol. The first-order valence-electron chi connectivity index (χ1n) is 46.2. The van der Waals surface area contributed by atoms with E-state index in [0.29, 0.717) is 106 Å². The van der Waals surface area contributed by atoms with E-state index in [9.17, 15) is 78.0 Å². The van der Waals surface area contributed by atoms with Crippen LogP contribution in [0.15, 0.2) is 243 Å². The second-order valence-corrected chi connectivity index (χ2v) is 40.5. The number of aliphatic carboxylic acids is 1. The van der Waals surface area contributed by atoms with E-state index in [1.807, 2.05) is 0 Å². The number of esters is 1. The van der Waals surface area contributed by atoms with Gasteiger partial charge in [0.05, 0.1) is 117 Å². The molecule has 752 valence electrons. The Balaban J connectivity index is 0.000000109. The molecule has 12 unspecified atom stereocenters. The molecule has 6 amide bonds. The molecule has 0 saturated carbocycles. The number of aliphatic hydroxyl groups excluding tert-OH is 3. The van der Waals surface area contributed by atoms with Crippen LogP contribution in [0.25, 0.3) is 0 Å². The number of ketones is 4. The van der Waals surface area contributed by atoms with Crippen molar-refractivity contribution in [2.75, 3.05) is 47.6 Å². The minimum absolute atomic E-state index is 0. The third kappa shape index (κ3) is 15.2. The molecule has 11 heterocycles. The Kier molecular flexibility index (Phi) is 25.2. The number of carboxylic acid groups (broad SMARTS) is 1. The first kappa shape index (κ1) is 100. The van der Waals surface area contributed by atoms with Gasteiger partial charge >= 0.3 is 35.5 Å². The van der Waals surface area contributed by atoms with Crippen LogP contribution in [0.4, 0.5) is 22.7 Å². The van der Waals surface area contributed by atoms with Crippen molar-refractivity contribution < 1.29 is 169 Å². The first-order chi connectivity index (χ1) is 71.7. The average molecular weight is 2190 g/mol. The van der Waals surface area contributed by atoms with Crippen LogP contribution in [-0.2, 0) is 62.0 Å². The quantitative estimate of drug-likeness (QED) is 0.0347. The van der Waals surface area contributed by atoms with E-state index in [1.165, 1.54) is 66.7 Å². The predicted octanol–water partition coefficient (Wildman–Crippen LogP) is 13.5. The van der Waals surface area contributed by atoms with Gasteiger partial charge in [0.2, 0.25) is 79.8 Å². The van der Waals surface area contributed by atoms with E-state index < -0.39 is 189 Å². The van der Waals surface area contributed by atoms with Crippen molar-refractivity contribution >= 4 is 186 Å². The van der Waals surface area contributed by atoms with Crippen molar-refractivity contribution in [2.45, 2.75) is 71.2 Å². The van der Waals surface area contributed by atoms with Crippen LogP contribution in [0.5, 0.6) is 46.0 Å². The number of amides is 6. The van der Waals surface area contributed by atoms with Crippen molar-refractivity contribution in [1.82, 2.24) is 0 Å². The maximum Gasteiger partial charge on any atom is 1.00 e. The van der Waals surface area contributed by atoms with Crippen LogP contribution in [0.2, 0.25) is 40.2 Å². The molecule has 7 saturated heterocycles. The molecule has 0 aromatic heterocycles. The van der Waals surface area contributed by atoms with E-state index in [-0.39, 0.29) is 126 Å². The molecular formula is C108H69Cl8N4NaO29. The maximum atomic E-state index is 14.0. The van der Waals surface area contributed by atoms with Crippen molar-refractivity contribution in [3.05, 3.63) is 350 Å². The number of anilines is 4. The minimum atomic E-state index is -2.31. The first-order valence-corrected chi connectivity index (χ1v) is 49.3. The third-order valence-corrected chi connectivity index (χ3v) is 32.8. The van der Waals surface area contributed by atoms with E-state index in [4.69, 9.17) is 154 Å². The van der Waals surface area contributed by atoms with Gasteiger partial charge in [0.15, 0.2) is 80.5 Å². The van der Waals surface area contributed by atoms with Crippen LogP contribution in [0.3, 0.4) is 0 Å². The molecule has 27 rings (SSSR count). The monoisotopic (exact) mass is 2190 g/mol. The number of hydrogen-bond acceptors (Lipinski definition) is 29. The molecule has 0 radical (unpaired) electrons. The normalized spacial score (nSPS) is 27.7. The Hall–Kier alpha value is -13.1. The Morgan fingerprint density at radius 1 is 0.333 bits per heavy atom. The molecule has 5 N–H and O–H groups in total. The number of nitrogens with one attached hydrogen (secondary N) is 2. The molecule has 33 nitrogen and oxygen atoms in total. The molecule has 0 bridgehead atoms. The SMILES string of the molecule is O=C(Nc1ccc2c(c1)OCO2)[C@H]1C(c2ccc(Cl)c(Cl)c2)OC2(C(=O)c3ccccc3[C@H]2O)[C@H]1C(=O)[O-].O=C(Nc1ccc2c(c1)OCO2)[C@H]1C(c2ccc(Cl)c(Cl)c2)OC23[C@H](O)c4ccccc4[C@@H]2OC(=O)[C@@H]13.O=C1C2C(c3ccc(Cl)c(Cl)c3)OC3(C(=O)c4ccccc4C3=O)C2C(=O)N1c1ccc2c(c1)OCO2.O=C1C2C(c3ccc(Cl)c(Cl)c3)OC3(C(=O)c4ccccc4C3O)C2C(=O)N1c1ccc2c(c1)OCO2.[Na+]. The van der Waals surface area contributed by atoms with Crippen LogP contribution in [-0.4, -0.2) is 135 Å². The Bertz CT molecular complexity index is 7900. The summed E-state index contributed by atoms with van der Waals surface area (Å²) in [6, 6.07) is 64.1. The fourth-order valence-electron chi connectivity index (χ4n) is 23.3. The molecule has 150 heavy (non-hydrogen) atoms.